The van der Waals surface area contributed by atoms with Crippen LogP contribution in [0.3, 0.4) is 0 Å². The van der Waals surface area contributed by atoms with E-state index in [0.717, 1.165) is 12.5 Å². The van der Waals surface area contributed by atoms with Crippen LogP contribution in [0.2, 0.25) is 0 Å². The molecule has 0 radical (unpaired) electrons. The highest BCUT2D eigenvalue weighted by atomic mass is 19.3. The summed E-state index contributed by atoms with van der Waals surface area (Å²) in [5, 5.41) is 8.31. The molecule has 1 aliphatic heterocycles. The SMILES string of the molecule is COC(=O)C(OC1=C(C(=O)c2ccc(C(C)C)cc2)[C@H](c2ccc(C(C)(F)F)cc2)N(c2ccc(C)nn2)C1=O)c1ccccc1. The molecule has 10 heteroatoms. The monoisotopic (exact) mass is 625 g/mol. The average molecular weight is 626 g/mol. The van der Waals surface area contributed by atoms with Crippen LogP contribution in [-0.4, -0.2) is 35.0 Å². The fourth-order valence-corrected chi connectivity index (χ4v) is 5.25. The van der Waals surface area contributed by atoms with Crippen LogP contribution in [0, 0.1) is 6.92 Å². The van der Waals surface area contributed by atoms with Gasteiger partial charge in [0.15, 0.2) is 17.4 Å². The van der Waals surface area contributed by atoms with Gasteiger partial charge in [-0.3, -0.25) is 14.5 Å². The molecular formula is C36H33F2N3O5. The summed E-state index contributed by atoms with van der Waals surface area (Å²) in [7, 11) is 1.19. The second-order valence-electron chi connectivity index (χ2n) is 11.4. The van der Waals surface area contributed by atoms with Gasteiger partial charge in [0.25, 0.3) is 11.8 Å². The maximum Gasteiger partial charge on any atom is 0.351 e. The number of esters is 1. The minimum atomic E-state index is -3.11. The van der Waals surface area contributed by atoms with Gasteiger partial charge in [-0.25, -0.2) is 13.6 Å². The second-order valence-corrected chi connectivity index (χ2v) is 11.4. The Kier molecular flexibility index (Phi) is 9.09. The maximum absolute atomic E-state index is 14.5. The average Bonchev–Trinajstić information content (AvgIpc) is 3.34. The lowest BCUT2D eigenvalue weighted by Gasteiger charge is -2.26. The first-order valence-electron chi connectivity index (χ1n) is 14.7. The molecule has 236 valence electrons. The number of hydrogen-bond acceptors (Lipinski definition) is 7. The molecule has 1 unspecified atom stereocenters. The summed E-state index contributed by atoms with van der Waals surface area (Å²) < 4.78 is 39.6. The van der Waals surface area contributed by atoms with Crippen LogP contribution in [0.1, 0.15) is 77.1 Å². The summed E-state index contributed by atoms with van der Waals surface area (Å²) in [5.41, 5.74) is 2.26. The van der Waals surface area contributed by atoms with Crippen molar-refractivity contribution in [1.29, 1.82) is 0 Å². The van der Waals surface area contributed by atoms with E-state index < -0.39 is 41.5 Å². The van der Waals surface area contributed by atoms with Crippen LogP contribution in [0.5, 0.6) is 0 Å². The first-order chi connectivity index (χ1) is 21.9. The summed E-state index contributed by atoms with van der Waals surface area (Å²) >= 11 is 0. The Balaban J connectivity index is 1.74. The maximum atomic E-state index is 14.5. The number of ketones is 1. The molecule has 1 aromatic heterocycles. The van der Waals surface area contributed by atoms with Crippen molar-refractivity contribution >= 4 is 23.5 Å². The molecule has 0 spiro atoms. The Morgan fingerprint density at radius 2 is 1.52 bits per heavy atom. The van der Waals surface area contributed by atoms with Crippen molar-refractivity contribution in [2.75, 3.05) is 12.0 Å². The smallest absolute Gasteiger partial charge is 0.351 e. The zero-order valence-corrected chi connectivity index (χ0v) is 26.0. The number of carbonyl (C=O) groups is 3. The largest absolute Gasteiger partial charge is 0.468 e. The van der Waals surface area contributed by atoms with Gasteiger partial charge in [0.1, 0.15) is 0 Å². The Labute approximate surface area is 265 Å². The highest BCUT2D eigenvalue weighted by Crippen LogP contribution is 2.44. The summed E-state index contributed by atoms with van der Waals surface area (Å²) in [4.78, 5) is 43.2. The zero-order valence-electron chi connectivity index (χ0n) is 26.0. The fourth-order valence-electron chi connectivity index (χ4n) is 5.25. The number of anilines is 1. The molecular weight excluding hydrogens is 592 g/mol. The number of Topliss-reactive ketones (excluding diaryl/α,β-unsaturated/α-hetero) is 1. The summed E-state index contributed by atoms with van der Waals surface area (Å²) in [6, 6.07) is 22.8. The van der Waals surface area contributed by atoms with Gasteiger partial charge in [-0.15, -0.1) is 5.10 Å². The third-order valence-corrected chi connectivity index (χ3v) is 7.79. The van der Waals surface area contributed by atoms with Gasteiger partial charge in [0.05, 0.1) is 24.4 Å². The van der Waals surface area contributed by atoms with Crippen molar-refractivity contribution in [1.82, 2.24) is 10.2 Å². The minimum absolute atomic E-state index is 0.0921. The predicted molar refractivity (Wildman–Crippen MR) is 167 cm³/mol. The van der Waals surface area contributed by atoms with Crippen LogP contribution in [0.25, 0.3) is 0 Å². The number of halogens is 2. The van der Waals surface area contributed by atoms with E-state index in [1.54, 1.807) is 61.5 Å². The van der Waals surface area contributed by atoms with Crippen molar-refractivity contribution < 1.29 is 32.6 Å². The molecule has 3 aromatic carbocycles. The van der Waals surface area contributed by atoms with Crippen molar-refractivity contribution in [3.63, 3.8) is 0 Å². The first kappa shape index (κ1) is 32.2. The van der Waals surface area contributed by atoms with Gasteiger partial charge in [-0.2, -0.15) is 5.10 Å². The van der Waals surface area contributed by atoms with E-state index in [2.05, 4.69) is 10.2 Å². The number of benzene rings is 3. The molecule has 0 fully saturated rings. The number of aryl methyl sites for hydroxylation is 1. The highest BCUT2D eigenvalue weighted by Gasteiger charge is 2.48. The molecule has 0 aliphatic carbocycles. The van der Waals surface area contributed by atoms with Crippen LogP contribution in [0.15, 0.2) is 102 Å². The van der Waals surface area contributed by atoms with Gasteiger partial charge in [-0.05, 0) is 36.1 Å². The molecule has 4 aromatic rings. The topological polar surface area (TPSA) is 98.7 Å². The molecule has 1 aliphatic rings. The normalized spacial score (nSPS) is 15.7. The Hall–Kier alpha value is -5.25. The molecule has 0 N–H and O–H groups in total. The Morgan fingerprint density at radius 3 is 2.07 bits per heavy atom. The number of ether oxygens (including phenoxy) is 2. The van der Waals surface area contributed by atoms with E-state index in [4.69, 9.17) is 9.47 Å². The molecule has 0 saturated carbocycles. The summed E-state index contributed by atoms with van der Waals surface area (Å²) in [6.07, 6.45) is -1.40. The van der Waals surface area contributed by atoms with Gasteiger partial charge in [-0.1, -0.05) is 92.7 Å². The molecule has 0 saturated heterocycles. The van der Waals surface area contributed by atoms with E-state index in [1.165, 1.54) is 36.3 Å². The third-order valence-electron chi connectivity index (χ3n) is 7.79. The number of methoxy groups -OCH3 is 1. The molecule has 1 amide bonds. The number of aromatic nitrogens is 2. The standard InChI is InChI=1S/C36H33F2N3O5/c1-21(2)23-12-14-25(15-13-23)31(42)29-30(24-16-18-27(19-17-24)36(4,37)38)41(28-20-11-22(3)39-40-28)34(43)33(29)46-32(35(44)45-5)26-9-7-6-8-10-26/h6-21,30,32H,1-5H3/t30-,32?/m0/s1. The van der Waals surface area contributed by atoms with E-state index in [0.29, 0.717) is 16.8 Å². The van der Waals surface area contributed by atoms with E-state index in [9.17, 15) is 23.2 Å². The number of rotatable bonds is 10. The van der Waals surface area contributed by atoms with E-state index in [-0.39, 0.29) is 28.4 Å². The lowest BCUT2D eigenvalue weighted by atomic mass is 9.91. The number of nitrogens with zero attached hydrogens (tertiary/aromatic N) is 3. The van der Waals surface area contributed by atoms with Gasteiger partial charge in [0.2, 0.25) is 6.10 Å². The number of carbonyl (C=O) groups excluding carboxylic acids is 3. The second kappa shape index (κ2) is 13.0. The number of amides is 1. The van der Waals surface area contributed by atoms with Crippen LogP contribution in [-0.2, 0) is 25.0 Å². The van der Waals surface area contributed by atoms with Crippen LogP contribution in [0.4, 0.5) is 14.6 Å². The van der Waals surface area contributed by atoms with Crippen molar-refractivity contribution in [2.45, 2.75) is 51.7 Å². The van der Waals surface area contributed by atoms with Crippen molar-refractivity contribution in [3.8, 4) is 0 Å². The molecule has 46 heavy (non-hydrogen) atoms. The lowest BCUT2D eigenvalue weighted by Crippen LogP contribution is -2.32. The van der Waals surface area contributed by atoms with Crippen LogP contribution < -0.4 is 4.90 Å². The van der Waals surface area contributed by atoms with Crippen molar-refractivity contribution in [2.24, 2.45) is 0 Å². The Morgan fingerprint density at radius 1 is 0.870 bits per heavy atom. The van der Waals surface area contributed by atoms with Gasteiger partial charge >= 0.3 is 5.97 Å². The summed E-state index contributed by atoms with van der Waals surface area (Å²) in [6.45, 7) is 6.56. The van der Waals surface area contributed by atoms with Crippen LogP contribution >= 0.6 is 0 Å². The summed E-state index contributed by atoms with van der Waals surface area (Å²) in [5.74, 6) is -5.31. The van der Waals surface area contributed by atoms with E-state index >= 15 is 0 Å². The lowest BCUT2D eigenvalue weighted by molar-refractivity contribution is -0.152. The quantitative estimate of drug-likeness (QED) is 0.136. The molecule has 0 bridgehead atoms. The predicted octanol–water partition coefficient (Wildman–Crippen LogP) is 7.18. The molecule has 5 rings (SSSR count). The molecule has 8 nitrogen and oxygen atoms in total. The third kappa shape index (κ3) is 6.42. The number of hydrogen-bond donors (Lipinski definition) is 0. The molecule has 2 atom stereocenters. The minimum Gasteiger partial charge on any atom is -0.468 e. The number of alkyl halides is 2. The zero-order chi connectivity index (χ0) is 33.2. The Bertz CT molecular complexity index is 1770. The van der Waals surface area contributed by atoms with Gasteiger partial charge in [0, 0.05) is 23.6 Å². The van der Waals surface area contributed by atoms with E-state index in [1.807, 2.05) is 26.0 Å². The fraction of sp³-hybridized carbons (Fsp3) is 0.250. The van der Waals surface area contributed by atoms with Crippen molar-refractivity contribution in [3.05, 3.63) is 136 Å². The first-order valence-corrected chi connectivity index (χ1v) is 14.7. The highest BCUT2D eigenvalue weighted by molar-refractivity contribution is 6.21. The molecule has 2 heterocycles. The van der Waals surface area contributed by atoms with Gasteiger partial charge < -0.3 is 9.47 Å².